The Balaban J connectivity index is 2.34. The van der Waals surface area contributed by atoms with Crippen LogP contribution in [0.5, 0.6) is 0 Å². The van der Waals surface area contributed by atoms with Crippen LogP contribution in [0.4, 0.5) is 5.69 Å². The summed E-state index contributed by atoms with van der Waals surface area (Å²) in [5.41, 5.74) is 0.562. The molecule has 0 saturated heterocycles. The summed E-state index contributed by atoms with van der Waals surface area (Å²) in [6.45, 7) is 2.17. The van der Waals surface area contributed by atoms with E-state index < -0.39 is 5.97 Å². The molecule has 1 amide bonds. The maximum Gasteiger partial charge on any atom is 0.337 e. The second-order valence-corrected chi connectivity index (χ2v) is 5.47. The molecule has 0 radical (unpaired) electrons. The van der Waals surface area contributed by atoms with E-state index in [1.807, 2.05) is 0 Å². The average molecular weight is 312 g/mol. The van der Waals surface area contributed by atoms with Crippen molar-refractivity contribution in [1.29, 1.82) is 0 Å². The van der Waals surface area contributed by atoms with Crippen LogP contribution in [0.3, 0.4) is 0 Å². The van der Waals surface area contributed by atoms with E-state index in [1.165, 1.54) is 37.8 Å². The van der Waals surface area contributed by atoms with Crippen molar-refractivity contribution in [3.05, 3.63) is 28.8 Å². The molecule has 0 saturated carbocycles. The molecule has 0 fully saturated rings. The molecule has 0 bridgehead atoms. The van der Waals surface area contributed by atoms with E-state index in [1.54, 1.807) is 6.07 Å². The molecule has 0 spiro atoms. The summed E-state index contributed by atoms with van der Waals surface area (Å²) in [7, 11) is 0. The SMILES string of the molecule is CCCCCCCCC(=O)Nc1ccc(C(=O)O)c(Cl)c1. The molecule has 1 aromatic carbocycles. The quantitative estimate of drug-likeness (QED) is 0.648. The van der Waals surface area contributed by atoms with Gasteiger partial charge in [-0.1, -0.05) is 50.6 Å². The first-order valence-electron chi connectivity index (χ1n) is 7.37. The fraction of sp³-hybridized carbons (Fsp3) is 0.500. The highest BCUT2D eigenvalue weighted by atomic mass is 35.5. The normalized spacial score (nSPS) is 10.4. The second kappa shape index (κ2) is 9.40. The molecule has 0 aromatic heterocycles. The highest BCUT2D eigenvalue weighted by Crippen LogP contribution is 2.21. The van der Waals surface area contributed by atoms with Crippen LogP contribution in [0.25, 0.3) is 0 Å². The molecule has 21 heavy (non-hydrogen) atoms. The molecule has 0 atom stereocenters. The van der Waals surface area contributed by atoms with Crippen molar-refractivity contribution in [3.8, 4) is 0 Å². The van der Waals surface area contributed by atoms with Crippen LogP contribution in [-0.4, -0.2) is 17.0 Å². The van der Waals surface area contributed by atoms with E-state index in [0.717, 1.165) is 12.8 Å². The van der Waals surface area contributed by atoms with Crippen LogP contribution < -0.4 is 5.32 Å². The highest BCUT2D eigenvalue weighted by Gasteiger charge is 2.10. The zero-order valence-electron chi connectivity index (χ0n) is 12.3. The number of amides is 1. The molecule has 0 unspecified atom stereocenters. The Morgan fingerprint density at radius 1 is 1.14 bits per heavy atom. The Bertz CT molecular complexity index is 488. The number of nitrogens with one attached hydrogen (secondary N) is 1. The van der Waals surface area contributed by atoms with Gasteiger partial charge in [0, 0.05) is 12.1 Å². The maximum absolute atomic E-state index is 11.8. The van der Waals surface area contributed by atoms with Gasteiger partial charge in [-0.3, -0.25) is 4.79 Å². The van der Waals surface area contributed by atoms with Gasteiger partial charge in [0.15, 0.2) is 0 Å². The number of carboxylic acid groups (broad SMARTS) is 1. The Morgan fingerprint density at radius 3 is 2.43 bits per heavy atom. The summed E-state index contributed by atoms with van der Waals surface area (Å²) in [6.07, 6.45) is 7.27. The van der Waals surface area contributed by atoms with E-state index in [2.05, 4.69) is 12.2 Å². The average Bonchev–Trinajstić information content (AvgIpc) is 2.42. The molecule has 0 heterocycles. The lowest BCUT2D eigenvalue weighted by atomic mass is 10.1. The van der Waals surface area contributed by atoms with E-state index in [-0.39, 0.29) is 16.5 Å². The predicted molar refractivity (Wildman–Crippen MR) is 85.0 cm³/mol. The zero-order valence-corrected chi connectivity index (χ0v) is 13.1. The van der Waals surface area contributed by atoms with Crippen LogP contribution in [0, 0.1) is 0 Å². The number of carbonyl (C=O) groups excluding carboxylic acids is 1. The Labute approximate surface area is 130 Å². The molecule has 116 valence electrons. The van der Waals surface area contributed by atoms with Crippen molar-refractivity contribution in [1.82, 2.24) is 0 Å². The Morgan fingerprint density at radius 2 is 1.81 bits per heavy atom. The molecular weight excluding hydrogens is 290 g/mol. The molecule has 0 aliphatic rings. The second-order valence-electron chi connectivity index (χ2n) is 5.07. The van der Waals surface area contributed by atoms with Gasteiger partial charge in [0.05, 0.1) is 10.6 Å². The number of carboxylic acids is 1. The smallest absolute Gasteiger partial charge is 0.337 e. The number of rotatable bonds is 9. The van der Waals surface area contributed by atoms with Crippen molar-refractivity contribution in [3.63, 3.8) is 0 Å². The summed E-state index contributed by atoms with van der Waals surface area (Å²) in [5, 5.41) is 11.7. The number of anilines is 1. The first-order valence-corrected chi connectivity index (χ1v) is 7.75. The molecule has 4 nitrogen and oxygen atoms in total. The lowest BCUT2D eigenvalue weighted by molar-refractivity contribution is -0.116. The summed E-state index contributed by atoms with van der Waals surface area (Å²) >= 11 is 5.85. The van der Waals surface area contributed by atoms with Gasteiger partial charge in [0.2, 0.25) is 5.91 Å². The van der Waals surface area contributed by atoms with Crippen LogP contribution in [0.2, 0.25) is 5.02 Å². The van der Waals surface area contributed by atoms with Crippen molar-refractivity contribution in [2.24, 2.45) is 0 Å². The summed E-state index contributed by atoms with van der Waals surface area (Å²) in [4.78, 5) is 22.6. The number of halogens is 1. The molecule has 0 aliphatic carbocycles. The van der Waals surface area contributed by atoms with Crippen molar-refractivity contribution < 1.29 is 14.7 Å². The molecule has 0 aliphatic heterocycles. The number of unbranched alkanes of at least 4 members (excludes halogenated alkanes) is 5. The molecule has 5 heteroatoms. The largest absolute Gasteiger partial charge is 0.478 e. The van der Waals surface area contributed by atoms with Gasteiger partial charge >= 0.3 is 5.97 Å². The van der Waals surface area contributed by atoms with Gasteiger partial charge in [-0.15, -0.1) is 0 Å². The molecule has 2 N–H and O–H groups in total. The van der Waals surface area contributed by atoms with Crippen LogP contribution in [0.1, 0.15) is 62.2 Å². The number of carbonyl (C=O) groups is 2. The summed E-state index contributed by atoms with van der Waals surface area (Å²) in [5.74, 6) is -1.14. The maximum atomic E-state index is 11.8. The van der Waals surface area contributed by atoms with Crippen LogP contribution >= 0.6 is 11.6 Å². The van der Waals surface area contributed by atoms with E-state index in [0.29, 0.717) is 12.1 Å². The minimum atomic E-state index is -1.08. The number of hydrogen-bond donors (Lipinski definition) is 2. The lowest BCUT2D eigenvalue weighted by Crippen LogP contribution is -2.11. The Kier molecular flexibility index (Phi) is 7.83. The number of hydrogen-bond acceptors (Lipinski definition) is 2. The topological polar surface area (TPSA) is 66.4 Å². The van der Waals surface area contributed by atoms with Gasteiger partial charge in [-0.05, 0) is 24.6 Å². The van der Waals surface area contributed by atoms with Gasteiger partial charge in [-0.25, -0.2) is 4.79 Å². The van der Waals surface area contributed by atoms with Crippen LogP contribution in [0.15, 0.2) is 18.2 Å². The fourth-order valence-electron chi connectivity index (χ4n) is 2.06. The highest BCUT2D eigenvalue weighted by molar-refractivity contribution is 6.33. The first-order chi connectivity index (χ1) is 10.0. The zero-order chi connectivity index (χ0) is 15.7. The number of aromatic carboxylic acids is 1. The third kappa shape index (κ3) is 6.63. The van der Waals surface area contributed by atoms with Gasteiger partial charge < -0.3 is 10.4 Å². The molecule has 1 aromatic rings. The van der Waals surface area contributed by atoms with Gasteiger partial charge in [0.25, 0.3) is 0 Å². The van der Waals surface area contributed by atoms with Gasteiger partial charge in [-0.2, -0.15) is 0 Å². The minimum absolute atomic E-state index is 0.0330. The molecular formula is C16H22ClNO3. The minimum Gasteiger partial charge on any atom is -0.478 e. The first kappa shape index (κ1) is 17.5. The Hall–Kier alpha value is -1.55. The predicted octanol–water partition coefficient (Wildman–Crippen LogP) is 4.73. The monoisotopic (exact) mass is 311 g/mol. The third-order valence-electron chi connectivity index (χ3n) is 3.24. The van der Waals surface area contributed by atoms with Crippen LogP contribution in [-0.2, 0) is 4.79 Å². The van der Waals surface area contributed by atoms with E-state index >= 15 is 0 Å². The van der Waals surface area contributed by atoms with E-state index in [4.69, 9.17) is 16.7 Å². The number of benzene rings is 1. The van der Waals surface area contributed by atoms with Gasteiger partial charge in [0.1, 0.15) is 0 Å². The van der Waals surface area contributed by atoms with Crippen molar-refractivity contribution in [2.75, 3.05) is 5.32 Å². The summed E-state index contributed by atoms with van der Waals surface area (Å²) in [6, 6.07) is 4.41. The van der Waals surface area contributed by atoms with Crippen molar-refractivity contribution in [2.45, 2.75) is 51.9 Å². The van der Waals surface area contributed by atoms with Crippen molar-refractivity contribution >= 4 is 29.2 Å². The third-order valence-corrected chi connectivity index (χ3v) is 3.55. The fourth-order valence-corrected chi connectivity index (χ4v) is 2.32. The van der Waals surface area contributed by atoms with E-state index in [9.17, 15) is 9.59 Å². The lowest BCUT2D eigenvalue weighted by Gasteiger charge is -2.07. The standard InChI is InChI=1S/C16H22ClNO3/c1-2-3-4-5-6-7-8-15(19)18-12-9-10-13(16(20)21)14(17)11-12/h9-11H,2-8H2,1H3,(H,18,19)(H,20,21). The summed E-state index contributed by atoms with van der Waals surface area (Å²) < 4.78 is 0. The molecule has 1 rings (SSSR count).